The standard InChI is InChI=1S/C18H22FN5S/c1-25-18-23-22-17(24(18)13-6-2-3-7-13)10-5-11-21-16-9-4-8-15(19)14(16)12-20/h4,8-9,13,21H,2-3,5-7,10-11H2,1H3. The van der Waals surface area contributed by atoms with E-state index >= 15 is 0 Å². The highest BCUT2D eigenvalue weighted by Gasteiger charge is 2.23. The summed E-state index contributed by atoms with van der Waals surface area (Å²) in [6.07, 6.45) is 8.64. The molecule has 0 amide bonds. The second-order valence-electron chi connectivity index (χ2n) is 6.22. The van der Waals surface area contributed by atoms with Gasteiger partial charge in [-0.3, -0.25) is 0 Å². The Bertz CT molecular complexity index is 761. The average molecular weight is 359 g/mol. The minimum absolute atomic E-state index is 0.0706. The first-order valence-electron chi connectivity index (χ1n) is 8.65. The van der Waals surface area contributed by atoms with Crippen molar-refractivity contribution in [1.29, 1.82) is 5.26 Å². The maximum atomic E-state index is 13.6. The highest BCUT2D eigenvalue weighted by molar-refractivity contribution is 7.98. The molecule has 0 spiro atoms. The predicted molar refractivity (Wildman–Crippen MR) is 97.2 cm³/mol. The number of aromatic nitrogens is 3. The molecule has 1 aromatic heterocycles. The molecule has 1 aliphatic carbocycles. The molecule has 25 heavy (non-hydrogen) atoms. The van der Waals surface area contributed by atoms with Crippen LogP contribution in [0.15, 0.2) is 23.4 Å². The number of benzene rings is 1. The molecule has 3 rings (SSSR count). The number of halogens is 1. The summed E-state index contributed by atoms with van der Waals surface area (Å²) in [5, 5.41) is 21.9. The van der Waals surface area contributed by atoms with Crippen LogP contribution in [0.3, 0.4) is 0 Å². The molecule has 7 heteroatoms. The van der Waals surface area contributed by atoms with Crippen molar-refractivity contribution in [1.82, 2.24) is 14.8 Å². The molecule has 0 aliphatic heterocycles. The van der Waals surface area contributed by atoms with Crippen molar-refractivity contribution in [3.05, 3.63) is 35.4 Å². The molecular weight excluding hydrogens is 337 g/mol. The number of thioether (sulfide) groups is 1. The lowest BCUT2D eigenvalue weighted by Gasteiger charge is -2.16. The van der Waals surface area contributed by atoms with Gasteiger partial charge in [0.2, 0.25) is 0 Å². The number of nitrogens with zero attached hydrogens (tertiary/aromatic N) is 4. The summed E-state index contributed by atoms with van der Waals surface area (Å²) in [5.74, 6) is 0.538. The third-order valence-electron chi connectivity index (χ3n) is 4.63. The molecule has 2 aromatic rings. The lowest BCUT2D eigenvalue weighted by molar-refractivity contribution is 0.461. The number of aryl methyl sites for hydroxylation is 1. The van der Waals surface area contributed by atoms with Gasteiger partial charge in [-0.25, -0.2) is 4.39 Å². The normalized spacial score (nSPS) is 14.6. The quantitative estimate of drug-likeness (QED) is 0.594. The van der Waals surface area contributed by atoms with Gasteiger partial charge in [0.05, 0.1) is 5.69 Å². The lowest BCUT2D eigenvalue weighted by atomic mass is 10.1. The summed E-state index contributed by atoms with van der Waals surface area (Å²) < 4.78 is 15.9. The van der Waals surface area contributed by atoms with Gasteiger partial charge in [0.25, 0.3) is 0 Å². The van der Waals surface area contributed by atoms with Crippen molar-refractivity contribution in [3.63, 3.8) is 0 Å². The first-order valence-corrected chi connectivity index (χ1v) is 9.87. The molecule has 0 radical (unpaired) electrons. The first kappa shape index (κ1) is 17.7. The molecule has 0 bridgehead atoms. The zero-order chi connectivity index (χ0) is 17.6. The molecule has 0 atom stereocenters. The highest BCUT2D eigenvalue weighted by Crippen LogP contribution is 2.33. The Balaban J connectivity index is 1.61. The van der Waals surface area contributed by atoms with Gasteiger partial charge in [-0.2, -0.15) is 5.26 Å². The van der Waals surface area contributed by atoms with Crippen molar-refractivity contribution in [3.8, 4) is 6.07 Å². The third-order valence-corrected chi connectivity index (χ3v) is 5.27. The van der Waals surface area contributed by atoms with E-state index in [0.29, 0.717) is 18.3 Å². The summed E-state index contributed by atoms with van der Waals surface area (Å²) >= 11 is 1.64. The second kappa shape index (κ2) is 8.34. The Hall–Kier alpha value is -2.07. The van der Waals surface area contributed by atoms with E-state index in [2.05, 4.69) is 20.1 Å². The Kier molecular flexibility index (Phi) is 5.92. The third kappa shape index (κ3) is 3.96. The maximum absolute atomic E-state index is 13.6. The Labute approximate surface area is 151 Å². The Morgan fingerprint density at radius 1 is 1.36 bits per heavy atom. The smallest absolute Gasteiger partial charge is 0.191 e. The van der Waals surface area contributed by atoms with Crippen LogP contribution >= 0.6 is 11.8 Å². The van der Waals surface area contributed by atoms with Crippen LogP contribution in [0.1, 0.15) is 49.5 Å². The molecule has 0 unspecified atom stereocenters. The number of rotatable bonds is 7. The summed E-state index contributed by atoms with van der Waals surface area (Å²) in [5.41, 5.74) is 0.617. The molecule has 1 fully saturated rings. The Morgan fingerprint density at radius 3 is 2.88 bits per heavy atom. The fourth-order valence-electron chi connectivity index (χ4n) is 3.40. The topological polar surface area (TPSA) is 66.5 Å². The highest BCUT2D eigenvalue weighted by atomic mass is 32.2. The van der Waals surface area contributed by atoms with Gasteiger partial charge in [-0.1, -0.05) is 30.7 Å². The second-order valence-corrected chi connectivity index (χ2v) is 6.99. The zero-order valence-electron chi connectivity index (χ0n) is 14.3. The van der Waals surface area contributed by atoms with E-state index < -0.39 is 5.82 Å². The molecule has 132 valence electrons. The molecule has 1 heterocycles. The lowest BCUT2D eigenvalue weighted by Crippen LogP contribution is -2.12. The maximum Gasteiger partial charge on any atom is 0.191 e. The van der Waals surface area contributed by atoms with E-state index in [0.717, 1.165) is 23.8 Å². The Morgan fingerprint density at radius 2 is 2.16 bits per heavy atom. The number of hydrogen-bond donors (Lipinski definition) is 1. The number of nitrogens with one attached hydrogen (secondary N) is 1. The van der Waals surface area contributed by atoms with E-state index in [4.69, 9.17) is 5.26 Å². The largest absolute Gasteiger partial charge is 0.384 e. The molecule has 1 aliphatic rings. The van der Waals surface area contributed by atoms with Crippen LogP contribution in [0.4, 0.5) is 10.1 Å². The molecule has 0 saturated heterocycles. The van der Waals surface area contributed by atoms with Crippen LogP contribution in [-0.2, 0) is 6.42 Å². The van der Waals surface area contributed by atoms with Gasteiger partial charge >= 0.3 is 0 Å². The number of hydrogen-bond acceptors (Lipinski definition) is 5. The van der Waals surface area contributed by atoms with E-state index in [1.165, 1.54) is 31.7 Å². The SMILES string of the molecule is CSc1nnc(CCCNc2cccc(F)c2C#N)n1C1CCCC1. The van der Waals surface area contributed by atoms with E-state index in [1.54, 1.807) is 23.9 Å². The van der Waals surface area contributed by atoms with Crippen LogP contribution in [0, 0.1) is 17.1 Å². The molecule has 1 N–H and O–H groups in total. The molecular formula is C18H22FN5S. The number of anilines is 1. The van der Waals surface area contributed by atoms with Gasteiger partial charge in [0, 0.05) is 19.0 Å². The van der Waals surface area contributed by atoms with Gasteiger partial charge in [-0.05, 0) is 37.7 Å². The molecule has 5 nitrogen and oxygen atoms in total. The summed E-state index contributed by atoms with van der Waals surface area (Å²) in [4.78, 5) is 0. The van der Waals surface area contributed by atoms with E-state index in [-0.39, 0.29) is 5.56 Å². The van der Waals surface area contributed by atoms with Crippen LogP contribution in [0.25, 0.3) is 0 Å². The summed E-state index contributed by atoms with van der Waals surface area (Å²) in [6.45, 7) is 0.657. The monoisotopic (exact) mass is 359 g/mol. The zero-order valence-corrected chi connectivity index (χ0v) is 15.2. The average Bonchev–Trinajstić information content (AvgIpc) is 3.27. The predicted octanol–water partition coefficient (Wildman–Crippen LogP) is 4.17. The summed E-state index contributed by atoms with van der Waals surface area (Å²) in [7, 11) is 0. The van der Waals surface area contributed by atoms with Crippen molar-refractivity contribution < 1.29 is 4.39 Å². The van der Waals surface area contributed by atoms with Crippen molar-refractivity contribution in [2.24, 2.45) is 0 Å². The molecule has 1 aromatic carbocycles. The van der Waals surface area contributed by atoms with Gasteiger partial charge in [0.1, 0.15) is 23.3 Å². The van der Waals surface area contributed by atoms with Gasteiger partial charge < -0.3 is 9.88 Å². The number of nitriles is 1. The van der Waals surface area contributed by atoms with Crippen molar-refractivity contribution in [2.45, 2.75) is 49.7 Å². The minimum atomic E-state index is -0.488. The molecule has 1 saturated carbocycles. The van der Waals surface area contributed by atoms with E-state index in [9.17, 15) is 4.39 Å². The van der Waals surface area contributed by atoms with Crippen LogP contribution in [0.2, 0.25) is 0 Å². The minimum Gasteiger partial charge on any atom is -0.384 e. The van der Waals surface area contributed by atoms with Gasteiger partial charge in [0.15, 0.2) is 5.16 Å². The summed E-state index contributed by atoms with van der Waals surface area (Å²) in [6, 6.07) is 7.08. The van der Waals surface area contributed by atoms with Crippen LogP contribution in [-0.4, -0.2) is 27.6 Å². The van der Waals surface area contributed by atoms with Crippen molar-refractivity contribution in [2.75, 3.05) is 18.1 Å². The van der Waals surface area contributed by atoms with E-state index in [1.807, 2.05) is 12.3 Å². The first-order chi connectivity index (χ1) is 12.2. The fourth-order valence-corrected chi connectivity index (χ4v) is 3.97. The fraction of sp³-hybridized carbons (Fsp3) is 0.500. The van der Waals surface area contributed by atoms with Crippen LogP contribution < -0.4 is 5.32 Å². The van der Waals surface area contributed by atoms with Crippen LogP contribution in [0.5, 0.6) is 0 Å². The van der Waals surface area contributed by atoms with Crippen molar-refractivity contribution >= 4 is 17.4 Å². The van der Waals surface area contributed by atoms with Gasteiger partial charge in [-0.15, -0.1) is 10.2 Å².